The van der Waals surface area contributed by atoms with Crippen molar-refractivity contribution in [3.8, 4) is 17.2 Å². The minimum absolute atomic E-state index is 0.0328. The van der Waals surface area contributed by atoms with E-state index in [0.29, 0.717) is 41.0 Å². The molecule has 1 aliphatic heterocycles. The average molecular weight is 536 g/mol. The molecule has 1 unspecified atom stereocenters. The van der Waals surface area contributed by atoms with Gasteiger partial charge in [0.05, 0.1) is 31.2 Å². The van der Waals surface area contributed by atoms with Gasteiger partial charge in [-0.3, -0.25) is 9.59 Å². The predicted octanol–water partition coefficient (Wildman–Crippen LogP) is 5.07. The SMILES string of the molecule is COc1ccc(CCN2C(=O)c3oc4ccc(Br)cc4c(=O)c3C2c2cccc(O)c2)cc1OC. The van der Waals surface area contributed by atoms with E-state index < -0.39 is 6.04 Å². The van der Waals surface area contributed by atoms with Gasteiger partial charge in [0.2, 0.25) is 5.76 Å². The van der Waals surface area contributed by atoms with Gasteiger partial charge < -0.3 is 23.9 Å². The summed E-state index contributed by atoms with van der Waals surface area (Å²) in [6, 6.07) is 16.6. The monoisotopic (exact) mass is 535 g/mol. The van der Waals surface area contributed by atoms with Crippen molar-refractivity contribution in [2.45, 2.75) is 12.5 Å². The Morgan fingerprint density at radius 2 is 1.80 bits per heavy atom. The maximum atomic E-state index is 13.6. The van der Waals surface area contributed by atoms with E-state index in [1.165, 1.54) is 0 Å². The van der Waals surface area contributed by atoms with Crippen molar-refractivity contribution in [2.24, 2.45) is 0 Å². The van der Waals surface area contributed by atoms with Crippen molar-refractivity contribution in [1.29, 1.82) is 0 Å². The Balaban J connectivity index is 1.59. The van der Waals surface area contributed by atoms with E-state index in [2.05, 4.69) is 15.9 Å². The van der Waals surface area contributed by atoms with Gasteiger partial charge in [-0.1, -0.05) is 34.1 Å². The number of amides is 1. The smallest absolute Gasteiger partial charge is 0.290 e. The summed E-state index contributed by atoms with van der Waals surface area (Å²) in [5.41, 5.74) is 1.93. The number of ether oxygens (including phenoxy) is 2. The van der Waals surface area contributed by atoms with Crippen molar-refractivity contribution < 1.29 is 23.8 Å². The Hall–Kier alpha value is -3.78. The number of hydrogen-bond donors (Lipinski definition) is 1. The van der Waals surface area contributed by atoms with Crippen LogP contribution in [0.2, 0.25) is 0 Å². The number of phenols is 1. The van der Waals surface area contributed by atoms with Crippen LogP contribution in [0, 0.1) is 0 Å². The Bertz CT molecular complexity index is 1510. The zero-order valence-corrected chi connectivity index (χ0v) is 20.7. The summed E-state index contributed by atoms with van der Waals surface area (Å²) in [6.07, 6.45) is 0.509. The molecule has 8 heteroatoms. The van der Waals surface area contributed by atoms with E-state index in [1.54, 1.807) is 61.6 Å². The Labute approximate surface area is 209 Å². The van der Waals surface area contributed by atoms with E-state index in [0.717, 1.165) is 10.0 Å². The quantitative estimate of drug-likeness (QED) is 0.371. The van der Waals surface area contributed by atoms with Gasteiger partial charge in [0, 0.05) is 11.0 Å². The molecule has 3 aromatic carbocycles. The molecule has 35 heavy (non-hydrogen) atoms. The van der Waals surface area contributed by atoms with Crippen molar-refractivity contribution in [3.05, 3.63) is 97.8 Å². The summed E-state index contributed by atoms with van der Waals surface area (Å²) in [7, 11) is 3.14. The first-order chi connectivity index (χ1) is 16.9. The van der Waals surface area contributed by atoms with Gasteiger partial charge in [-0.15, -0.1) is 0 Å². The van der Waals surface area contributed by atoms with Crippen LogP contribution < -0.4 is 14.9 Å². The predicted molar refractivity (Wildman–Crippen MR) is 134 cm³/mol. The summed E-state index contributed by atoms with van der Waals surface area (Å²) >= 11 is 3.40. The fourth-order valence-electron chi connectivity index (χ4n) is 4.55. The molecule has 1 aliphatic rings. The third-order valence-electron chi connectivity index (χ3n) is 6.20. The second kappa shape index (κ2) is 9.11. The molecule has 1 amide bonds. The molecule has 4 aromatic rings. The lowest BCUT2D eigenvalue weighted by Crippen LogP contribution is -2.31. The molecule has 2 heterocycles. The second-order valence-electron chi connectivity index (χ2n) is 8.25. The molecule has 1 aromatic heterocycles. The van der Waals surface area contributed by atoms with Crippen LogP contribution in [0.5, 0.6) is 17.2 Å². The zero-order chi connectivity index (χ0) is 24.7. The summed E-state index contributed by atoms with van der Waals surface area (Å²) in [5, 5.41) is 10.5. The fraction of sp³-hybridized carbons (Fsp3) is 0.185. The van der Waals surface area contributed by atoms with Crippen LogP contribution >= 0.6 is 15.9 Å². The lowest BCUT2D eigenvalue weighted by atomic mass is 9.98. The van der Waals surface area contributed by atoms with Gasteiger partial charge in [0.25, 0.3) is 5.91 Å². The van der Waals surface area contributed by atoms with E-state index in [4.69, 9.17) is 13.9 Å². The average Bonchev–Trinajstić information content (AvgIpc) is 3.14. The number of methoxy groups -OCH3 is 2. The lowest BCUT2D eigenvalue weighted by Gasteiger charge is -2.25. The maximum absolute atomic E-state index is 13.6. The van der Waals surface area contributed by atoms with Gasteiger partial charge in [-0.05, 0) is 60.0 Å². The third-order valence-corrected chi connectivity index (χ3v) is 6.70. The van der Waals surface area contributed by atoms with Crippen LogP contribution in [0.15, 0.2) is 74.3 Å². The number of hydrogen-bond acceptors (Lipinski definition) is 6. The van der Waals surface area contributed by atoms with E-state index in [1.807, 2.05) is 18.2 Å². The maximum Gasteiger partial charge on any atom is 0.290 e. The van der Waals surface area contributed by atoms with Crippen molar-refractivity contribution in [1.82, 2.24) is 4.90 Å². The van der Waals surface area contributed by atoms with Crippen LogP contribution in [-0.2, 0) is 6.42 Å². The topological polar surface area (TPSA) is 89.2 Å². The Morgan fingerprint density at radius 3 is 2.54 bits per heavy atom. The minimum Gasteiger partial charge on any atom is -0.508 e. The highest BCUT2D eigenvalue weighted by atomic mass is 79.9. The Morgan fingerprint density at radius 1 is 1.00 bits per heavy atom. The van der Waals surface area contributed by atoms with Crippen LogP contribution in [0.3, 0.4) is 0 Å². The molecule has 5 rings (SSSR count). The summed E-state index contributed by atoms with van der Waals surface area (Å²) in [4.78, 5) is 28.8. The van der Waals surface area contributed by atoms with Crippen molar-refractivity contribution >= 4 is 32.8 Å². The molecule has 0 aliphatic carbocycles. The number of benzene rings is 3. The number of carbonyl (C=O) groups excluding carboxylic acids is 1. The number of nitrogens with zero attached hydrogens (tertiary/aromatic N) is 1. The third kappa shape index (κ3) is 4.04. The molecule has 0 spiro atoms. The molecule has 7 nitrogen and oxygen atoms in total. The molecule has 1 atom stereocenters. The Kier molecular flexibility index (Phi) is 5.98. The number of rotatable bonds is 6. The number of phenolic OH excluding ortho intramolecular Hbond substituents is 1. The van der Waals surface area contributed by atoms with Crippen LogP contribution in [0.25, 0.3) is 11.0 Å². The molecular formula is C27H22BrNO6. The fourth-order valence-corrected chi connectivity index (χ4v) is 4.91. The number of fused-ring (bicyclic) bond motifs is 2. The summed E-state index contributed by atoms with van der Waals surface area (Å²) in [5.74, 6) is 0.933. The molecule has 178 valence electrons. The van der Waals surface area contributed by atoms with Crippen molar-refractivity contribution in [2.75, 3.05) is 20.8 Å². The van der Waals surface area contributed by atoms with Crippen molar-refractivity contribution in [3.63, 3.8) is 0 Å². The first-order valence-electron chi connectivity index (χ1n) is 11.0. The van der Waals surface area contributed by atoms with Gasteiger partial charge in [-0.25, -0.2) is 0 Å². The molecule has 0 saturated heterocycles. The molecule has 0 radical (unpaired) electrons. The first kappa shape index (κ1) is 23.0. The van der Waals surface area contributed by atoms with E-state index in [-0.39, 0.29) is 28.4 Å². The number of aromatic hydroxyl groups is 1. The standard InChI is InChI=1S/C27H22BrNO6/c1-33-21-8-6-15(12-22(21)34-2)10-11-29-24(16-4-3-5-18(30)13-16)23-25(31)19-14-17(28)7-9-20(19)35-26(23)27(29)32/h3-9,12-14,24,30H,10-11H2,1-2H3. The highest BCUT2D eigenvalue weighted by Gasteiger charge is 2.42. The summed E-state index contributed by atoms with van der Waals surface area (Å²) in [6.45, 7) is 0.318. The van der Waals surface area contributed by atoms with Gasteiger partial charge >= 0.3 is 0 Å². The second-order valence-corrected chi connectivity index (χ2v) is 9.17. The molecule has 0 fully saturated rings. The normalized spacial score (nSPS) is 14.9. The molecule has 1 N–H and O–H groups in total. The van der Waals surface area contributed by atoms with Crippen LogP contribution in [0.4, 0.5) is 0 Å². The highest BCUT2D eigenvalue weighted by molar-refractivity contribution is 9.10. The van der Waals surface area contributed by atoms with E-state index in [9.17, 15) is 14.7 Å². The highest BCUT2D eigenvalue weighted by Crippen LogP contribution is 2.39. The number of carbonyl (C=O) groups is 1. The van der Waals surface area contributed by atoms with Gasteiger partial charge in [-0.2, -0.15) is 0 Å². The van der Waals surface area contributed by atoms with E-state index >= 15 is 0 Å². The lowest BCUT2D eigenvalue weighted by molar-refractivity contribution is 0.0730. The minimum atomic E-state index is -0.690. The number of halogens is 1. The summed E-state index contributed by atoms with van der Waals surface area (Å²) < 4.78 is 17.4. The van der Waals surface area contributed by atoms with Crippen LogP contribution in [-0.4, -0.2) is 36.7 Å². The molecule has 0 saturated carbocycles. The first-order valence-corrected chi connectivity index (χ1v) is 11.8. The molecular weight excluding hydrogens is 514 g/mol. The van der Waals surface area contributed by atoms with Crippen LogP contribution in [0.1, 0.15) is 33.3 Å². The largest absolute Gasteiger partial charge is 0.508 e. The zero-order valence-electron chi connectivity index (χ0n) is 19.1. The molecule has 0 bridgehead atoms. The van der Waals surface area contributed by atoms with Gasteiger partial charge in [0.1, 0.15) is 11.3 Å². The van der Waals surface area contributed by atoms with Gasteiger partial charge in [0.15, 0.2) is 16.9 Å².